The van der Waals surface area contributed by atoms with E-state index in [9.17, 15) is 9.59 Å². The monoisotopic (exact) mass is 380 g/mol. The number of furan rings is 1. The standard InChI is InChI=1S/C18H12N4O4S/c23-14(16-9-12-3-1-2-4-15(12)26-16)10-27-18-19-20-21-22(18)13-7-5-11(6-8-13)17(24)25/h1-9H,10H2,(H,24,25). The van der Waals surface area contributed by atoms with E-state index in [1.165, 1.54) is 28.6 Å². The molecule has 134 valence electrons. The van der Waals surface area contributed by atoms with Crippen molar-refractivity contribution in [1.82, 2.24) is 20.2 Å². The highest BCUT2D eigenvalue weighted by molar-refractivity contribution is 7.99. The van der Waals surface area contributed by atoms with Gasteiger partial charge in [0.15, 0.2) is 5.76 Å². The number of thioether (sulfide) groups is 1. The van der Waals surface area contributed by atoms with Crippen LogP contribution in [-0.4, -0.2) is 42.8 Å². The van der Waals surface area contributed by atoms with E-state index in [4.69, 9.17) is 9.52 Å². The number of hydrogen-bond acceptors (Lipinski definition) is 7. The molecule has 4 rings (SSSR count). The van der Waals surface area contributed by atoms with E-state index in [1.807, 2.05) is 18.2 Å². The second-order valence-electron chi connectivity index (χ2n) is 5.59. The third kappa shape index (κ3) is 3.44. The summed E-state index contributed by atoms with van der Waals surface area (Å²) in [5, 5.41) is 21.7. The molecule has 0 saturated carbocycles. The Morgan fingerprint density at radius 2 is 1.89 bits per heavy atom. The van der Waals surface area contributed by atoms with Crippen molar-refractivity contribution in [2.45, 2.75) is 5.16 Å². The number of para-hydroxylation sites is 1. The Morgan fingerprint density at radius 3 is 2.63 bits per heavy atom. The van der Waals surface area contributed by atoms with Crippen molar-refractivity contribution in [1.29, 1.82) is 0 Å². The summed E-state index contributed by atoms with van der Waals surface area (Å²) in [5.74, 6) is -0.794. The number of carbonyl (C=O) groups excluding carboxylic acids is 1. The third-order valence-corrected chi connectivity index (χ3v) is 4.75. The smallest absolute Gasteiger partial charge is 0.335 e. The molecule has 0 aliphatic rings. The van der Waals surface area contributed by atoms with Gasteiger partial charge in [-0.25, -0.2) is 4.79 Å². The first-order valence-electron chi connectivity index (χ1n) is 7.88. The molecule has 2 aromatic heterocycles. The molecule has 2 aromatic carbocycles. The molecule has 9 heteroatoms. The molecule has 27 heavy (non-hydrogen) atoms. The van der Waals surface area contributed by atoms with Crippen molar-refractivity contribution in [3.05, 3.63) is 65.9 Å². The lowest BCUT2D eigenvalue weighted by Crippen LogP contribution is -2.04. The molecule has 0 atom stereocenters. The number of fused-ring (bicyclic) bond motifs is 1. The van der Waals surface area contributed by atoms with Gasteiger partial charge >= 0.3 is 5.97 Å². The highest BCUT2D eigenvalue weighted by Gasteiger charge is 2.16. The maximum atomic E-state index is 12.4. The molecule has 0 aliphatic heterocycles. The second kappa shape index (κ2) is 7.04. The highest BCUT2D eigenvalue weighted by atomic mass is 32.2. The maximum absolute atomic E-state index is 12.4. The number of aromatic carboxylic acids is 1. The van der Waals surface area contributed by atoms with Crippen molar-refractivity contribution >= 4 is 34.5 Å². The quantitative estimate of drug-likeness (QED) is 0.401. The van der Waals surface area contributed by atoms with E-state index in [1.54, 1.807) is 24.3 Å². The fraction of sp³-hybridized carbons (Fsp3) is 0.0556. The summed E-state index contributed by atoms with van der Waals surface area (Å²) in [4.78, 5) is 23.4. The van der Waals surface area contributed by atoms with E-state index < -0.39 is 5.97 Å². The molecule has 0 aliphatic carbocycles. The molecule has 0 unspecified atom stereocenters. The molecule has 8 nitrogen and oxygen atoms in total. The van der Waals surface area contributed by atoms with Gasteiger partial charge in [0, 0.05) is 5.39 Å². The summed E-state index contributed by atoms with van der Waals surface area (Å²) in [5.41, 5.74) is 1.43. The molecule has 0 fully saturated rings. The maximum Gasteiger partial charge on any atom is 0.335 e. The third-order valence-electron chi connectivity index (χ3n) is 3.83. The van der Waals surface area contributed by atoms with Crippen molar-refractivity contribution < 1.29 is 19.1 Å². The molecule has 0 bridgehead atoms. The van der Waals surface area contributed by atoms with Crippen molar-refractivity contribution in [2.75, 3.05) is 5.75 Å². The van der Waals surface area contributed by atoms with Crippen LogP contribution in [0.25, 0.3) is 16.7 Å². The fourth-order valence-electron chi connectivity index (χ4n) is 2.50. The zero-order chi connectivity index (χ0) is 18.8. The summed E-state index contributed by atoms with van der Waals surface area (Å²) >= 11 is 1.17. The molecule has 4 aromatic rings. The van der Waals surface area contributed by atoms with Gasteiger partial charge in [-0.1, -0.05) is 30.0 Å². The fourth-order valence-corrected chi connectivity index (χ4v) is 3.26. The molecular weight excluding hydrogens is 368 g/mol. The Balaban J connectivity index is 1.50. The number of nitrogens with zero attached hydrogens (tertiary/aromatic N) is 4. The van der Waals surface area contributed by atoms with Crippen LogP contribution in [0.5, 0.6) is 0 Å². The normalized spacial score (nSPS) is 11.0. The largest absolute Gasteiger partial charge is 0.478 e. The number of hydrogen-bond donors (Lipinski definition) is 1. The van der Waals surface area contributed by atoms with Crippen molar-refractivity contribution in [3.8, 4) is 5.69 Å². The van der Waals surface area contributed by atoms with Crippen LogP contribution in [-0.2, 0) is 0 Å². The highest BCUT2D eigenvalue weighted by Crippen LogP contribution is 2.23. The van der Waals surface area contributed by atoms with Gasteiger partial charge in [0.1, 0.15) is 5.58 Å². The average molecular weight is 380 g/mol. The van der Waals surface area contributed by atoms with Gasteiger partial charge < -0.3 is 9.52 Å². The summed E-state index contributed by atoms with van der Waals surface area (Å²) in [7, 11) is 0. The Labute approximate surface area is 156 Å². The molecule has 2 heterocycles. The number of benzene rings is 2. The Morgan fingerprint density at radius 1 is 1.11 bits per heavy atom. The van der Waals surface area contributed by atoms with Crippen LogP contribution in [0.4, 0.5) is 0 Å². The van der Waals surface area contributed by atoms with E-state index in [0.717, 1.165) is 5.39 Å². The molecule has 0 radical (unpaired) electrons. The zero-order valence-corrected chi connectivity index (χ0v) is 14.6. The minimum absolute atomic E-state index is 0.105. The van der Waals surface area contributed by atoms with E-state index in [-0.39, 0.29) is 22.9 Å². The molecular formula is C18H12N4O4S. The topological polar surface area (TPSA) is 111 Å². The Kier molecular flexibility index (Phi) is 4.43. The van der Waals surface area contributed by atoms with Gasteiger partial charge in [-0.2, -0.15) is 4.68 Å². The first-order valence-corrected chi connectivity index (χ1v) is 8.87. The minimum Gasteiger partial charge on any atom is -0.478 e. The molecule has 0 spiro atoms. The minimum atomic E-state index is -1.01. The van der Waals surface area contributed by atoms with Crippen molar-refractivity contribution in [3.63, 3.8) is 0 Å². The predicted molar refractivity (Wildman–Crippen MR) is 97.4 cm³/mol. The van der Waals surface area contributed by atoms with Crippen LogP contribution in [0.1, 0.15) is 20.9 Å². The van der Waals surface area contributed by atoms with Gasteiger partial charge in [-0.15, -0.1) is 5.10 Å². The lowest BCUT2D eigenvalue weighted by Gasteiger charge is -2.04. The lowest BCUT2D eigenvalue weighted by molar-refractivity contribution is 0.0696. The number of aromatic nitrogens is 4. The molecule has 0 saturated heterocycles. The Bertz CT molecular complexity index is 1100. The van der Waals surface area contributed by atoms with Crippen LogP contribution < -0.4 is 0 Å². The van der Waals surface area contributed by atoms with E-state index >= 15 is 0 Å². The van der Waals surface area contributed by atoms with Crippen molar-refractivity contribution in [2.24, 2.45) is 0 Å². The molecule has 1 N–H and O–H groups in total. The van der Waals surface area contributed by atoms with E-state index in [2.05, 4.69) is 15.5 Å². The second-order valence-corrected chi connectivity index (χ2v) is 6.53. The zero-order valence-electron chi connectivity index (χ0n) is 13.8. The Hall–Kier alpha value is -3.46. The van der Waals surface area contributed by atoms with Gasteiger partial charge in [0.25, 0.3) is 0 Å². The summed E-state index contributed by atoms with van der Waals surface area (Å²) < 4.78 is 7.02. The SMILES string of the molecule is O=C(O)c1ccc(-n2nnnc2SCC(=O)c2cc3ccccc3o2)cc1. The molecule has 0 amide bonds. The van der Waals surface area contributed by atoms with Gasteiger partial charge in [0.2, 0.25) is 10.9 Å². The van der Waals surface area contributed by atoms with Crippen LogP contribution in [0.2, 0.25) is 0 Å². The number of carbonyl (C=O) groups is 2. The first kappa shape index (κ1) is 17.0. The van der Waals surface area contributed by atoms with E-state index in [0.29, 0.717) is 16.4 Å². The lowest BCUT2D eigenvalue weighted by atomic mass is 10.2. The van der Waals surface area contributed by atoms with Crippen LogP contribution in [0.15, 0.2) is 64.2 Å². The number of tetrazole rings is 1. The number of ketones is 1. The number of carboxylic acid groups (broad SMARTS) is 1. The summed E-state index contributed by atoms with van der Waals surface area (Å²) in [6, 6.07) is 15.3. The van der Waals surface area contributed by atoms with Crippen LogP contribution in [0, 0.1) is 0 Å². The first-order chi connectivity index (χ1) is 13.1. The average Bonchev–Trinajstić information content (AvgIpc) is 3.33. The van der Waals surface area contributed by atoms with Crippen LogP contribution in [0.3, 0.4) is 0 Å². The van der Waals surface area contributed by atoms with Gasteiger partial charge in [-0.3, -0.25) is 4.79 Å². The summed E-state index contributed by atoms with van der Waals surface area (Å²) in [6.07, 6.45) is 0. The predicted octanol–water partition coefficient (Wildman–Crippen LogP) is 3.08. The van der Waals surface area contributed by atoms with Crippen LogP contribution >= 0.6 is 11.8 Å². The number of carboxylic acids is 1. The summed E-state index contributed by atoms with van der Waals surface area (Å²) in [6.45, 7) is 0. The van der Waals surface area contributed by atoms with Gasteiger partial charge in [-0.05, 0) is 46.8 Å². The number of rotatable bonds is 6. The number of Topliss-reactive ketones (excluding diaryl/α,β-unsaturated/α-hetero) is 1. The van der Waals surface area contributed by atoms with Gasteiger partial charge in [0.05, 0.1) is 17.0 Å².